The highest BCUT2D eigenvalue weighted by atomic mass is 32.2. The number of para-hydroxylation sites is 1. The third-order valence-corrected chi connectivity index (χ3v) is 6.71. The monoisotopic (exact) mass is 496 g/mol. The second-order valence-corrected chi connectivity index (χ2v) is 9.15. The second kappa shape index (κ2) is 10.1. The summed E-state index contributed by atoms with van der Waals surface area (Å²) in [5, 5.41) is 12.8. The van der Waals surface area contributed by atoms with E-state index in [1.807, 2.05) is 48.5 Å². The molecule has 0 bridgehead atoms. The number of imide groups is 1. The van der Waals surface area contributed by atoms with E-state index in [-0.39, 0.29) is 30.0 Å². The van der Waals surface area contributed by atoms with Crippen LogP contribution in [-0.4, -0.2) is 21.0 Å². The van der Waals surface area contributed by atoms with Crippen LogP contribution in [0.5, 0.6) is 5.75 Å². The Labute approximate surface area is 211 Å². The first kappa shape index (κ1) is 23.3. The molecule has 0 N–H and O–H groups in total. The van der Waals surface area contributed by atoms with Crippen LogP contribution >= 0.6 is 11.8 Å². The van der Waals surface area contributed by atoms with Gasteiger partial charge in [0.2, 0.25) is 0 Å². The summed E-state index contributed by atoms with van der Waals surface area (Å²) >= 11 is 0.898. The van der Waals surface area contributed by atoms with Gasteiger partial charge in [0.1, 0.15) is 12.4 Å². The number of fused-ring (bicyclic) bond motifs is 1. The Bertz CT molecular complexity index is 1530. The topological polar surface area (TPSA) is 89.7 Å². The van der Waals surface area contributed by atoms with Gasteiger partial charge in [-0.1, -0.05) is 72.8 Å². The molecule has 0 atom stereocenters. The minimum absolute atomic E-state index is 0.00995. The van der Waals surface area contributed by atoms with Crippen molar-refractivity contribution in [2.24, 2.45) is 0 Å². The van der Waals surface area contributed by atoms with Crippen molar-refractivity contribution in [3.05, 3.63) is 123 Å². The number of hydrogen-bond acceptors (Lipinski definition) is 6. The van der Waals surface area contributed by atoms with Gasteiger partial charge in [-0.3, -0.25) is 24.6 Å². The molecular weight excluding hydrogens is 476 g/mol. The number of hydrogen-bond donors (Lipinski definition) is 0. The minimum atomic E-state index is -0.453. The SMILES string of the molecule is O=C1S/C(=C/c2ccccc2OCc2cccc([N+](=O)[O-])c2)C(=O)N1Cc1cccc2ccccc12. The lowest BCUT2D eigenvalue weighted by Crippen LogP contribution is -2.27. The van der Waals surface area contributed by atoms with Crippen molar-refractivity contribution < 1.29 is 19.2 Å². The van der Waals surface area contributed by atoms with E-state index in [2.05, 4.69) is 0 Å². The van der Waals surface area contributed by atoms with Crippen LogP contribution in [0.25, 0.3) is 16.8 Å². The first-order chi connectivity index (χ1) is 17.5. The molecule has 0 radical (unpaired) electrons. The number of benzene rings is 4. The highest BCUT2D eigenvalue weighted by Gasteiger charge is 2.35. The second-order valence-electron chi connectivity index (χ2n) is 8.16. The molecule has 1 heterocycles. The number of nitro groups is 1. The number of nitrogens with zero attached hydrogens (tertiary/aromatic N) is 2. The molecule has 7 nitrogen and oxygen atoms in total. The van der Waals surface area contributed by atoms with Crippen LogP contribution in [0.1, 0.15) is 16.7 Å². The van der Waals surface area contributed by atoms with Crippen LogP contribution in [0.15, 0.2) is 95.9 Å². The molecule has 1 aliphatic rings. The van der Waals surface area contributed by atoms with Crippen molar-refractivity contribution in [2.75, 3.05) is 0 Å². The van der Waals surface area contributed by atoms with Crippen LogP contribution in [0.4, 0.5) is 10.5 Å². The van der Waals surface area contributed by atoms with Crippen LogP contribution in [0.2, 0.25) is 0 Å². The number of rotatable bonds is 7. The summed E-state index contributed by atoms with van der Waals surface area (Å²) in [6, 6.07) is 27.1. The molecule has 5 rings (SSSR count). The lowest BCUT2D eigenvalue weighted by atomic mass is 10.0. The first-order valence-electron chi connectivity index (χ1n) is 11.2. The van der Waals surface area contributed by atoms with E-state index in [0.29, 0.717) is 21.8 Å². The van der Waals surface area contributed by atoms with Gasteiger partial charge in [0.25, 0.3) is 16.8 Å². The third kappa shape index (κ3) is 4.85. The molecule has 0 unspecified atom stereocenters. The molecule has 0 aliphatic carbocycles. The van der Waals surface area contributed by atoms with Gasteiger partial charge < -0.3 is 4.74 Å². The highest BCUT2D eigenvalue weighted by molar-refractivity contribution is 8.18. The van der Waals surface area contributed by atoms with E-state index >= 15 is 0 Å². The quantitative estimate of drug-likeness (QED) is 0.163. The molecule has 4 aromatic rings. The van der Waals surface area contributed by atoms with Gasteiger partial charge in [-0.25, -0.2) is 0 Å². The van der Waals surface area contributed by atoms with E-state index in [9.17, 15) is 19.7 Å². The third-order valence-electron chi connectivity index (χ3n) is 5.80. The minimum Gasteiger partial charge on any atom is -0.488 e. The van der Waals surface area contributed by atoms with E-state index in [4.69, 9.17) is 4.74 Å². The predicted octanol–water partition coefficient (Wildman–Crippen LogP) is 6.56. The average molecular weight is 497 g/mol. The van der Waals surface area contributed by atoms with Crippen LogP contribution in [0, 0.1) is 10.1 Å². The zero-order valence-corrected chi connectivity index (χ0v) is 19.8. The molecule has 8 heteroatoms. The van der Waals surface area contributed by atoms with Crippen LogP contribution in [0.3, 0.4) is 0 Å². The average Bonchev–Trinajstić information content (AvgIpc) is 3.16. The Kier molecular flexibility index (Phi) is 6.51. The summed E-state index contributed by atoms with van der Waals surface area (Å²) in [5.41, 5.74) is 2.18. The molecule has 178 valence electrons. The lowest BCUT2D eigenvalue weighted by Gasteiger charge is -2.14. The number of carbonyl (C=O) groups excluding carboxylic acids is 2. The Morgan fingerprint density at radius 1 is 0.917 bits per heavy atom. The number of nitro benzene ring substituents is 1. The molecule has 1 saturated heterocycles. The smallest absolute Gasteiger partial charge is 0.293 e. The fourth-order valence-electron chi connectivity index (χ4n) is 4.03. The number of non-ortho nitro benzene ring substituents is 1. The summed E-state index contributed by atoms with van der Waals surface area (Å²) in [4.78, 5) is 38.1. The summed E-state index contributed by atoms with van der Waals surface area (Å²) in [6.45, 7) is 0.309. The normalized spacial score (nSPS) is 14.6. The molecule has 36 heavy (non-hydrogen) atoms. The standard InChI is InChI=1S/C28H20N2O5S/c31-27-26(36-28(32)29(27)17-22-11-6-10-20-8-1-3-13-24(20)22)16-21-9-2-4-14-25(21)35-18-19-7-5-12-23(15-19)30(33)34/h1-16H,17-18H2/b26-16+. The van der Waals surface area contributed by atoms with Crippen molar-refractivity contribution >= 4 is 45.4 Å². The van der Waals surface area contributed by atoms with E-state index in [1.165, 1.54) is 17.0 Å². The van der Waals surface area contributed by atoms with Crippen molar-refractivity contribution in [1.29, 1.82) is 0 Å². The van der Waals surface area contributed by atoms with Crippen molar-refractivity contribution in [3.63, 3.8) is 0 Å². The van der Waals surface area contributed by atoms with Crippen LogP contribution < -0.4 is 4.74 Å². The highest BCUT2D eigenvalue weighted by Crippen LogP contribution is 2.35. The predicted molar refractivity (Wildman–Crippen MR) is 139 cm³/mol. The molecule has 0 aromatic heterocycles. The van der Waals surface area contributed by atoms with E-state index < -0.39 is 4.92 Å². The van der Waals surface area contributed by atoms with Gasteiger partial charge in [-0.2, -0.15) is 0 Å². The molecule has 2 amide bonds. The van der Waals surface area contributed by atoms with Crippen molar-refractivity contribution in [3.8, 4) is 5.75 Å². The zero-order valence-electron chi connectivity index (χ0n) is 19.0. The molecule has 1 aliphatic heterocycles. The fourth-order valence-corrected chi connectivity index (χ4v) is 4.86. The Morgan fingerprint density at radius 3 is 2.53 bits per heavy atom. The van der Waals surface area contributed by atoms with Gasteiger partial charge in [-0.15, -0.1) is 0 Å². The number of ether oxygens (including phenoxy) is 1. The van der Waals surface area contributed by atoms with Crippen molar-refractivity contribution in [1.82, 2.24) is 4.90 Å². The maximum absolute atomic E-state index is 13.2. The fraction of sp³-hybridized carbons (Fsp3) is 0.0714. The summed E-state index contributed by atoms with van der Waals surface area (Å²) < 4.78 is 5.91. The summed E-state index contributed by atoms with van der Waals surface area (Å²) in [5.74, 6) is 0.149. The Balaban J connectivity index is 1.35. The number of carbonyl (C=O) groups is 2. The molecule has 0 saturated carbocycles. The molecule has 0 spiro atoms. The number of amides is 2. The Morgan fingerprint density at radius 2 is 1.67 bits per heavy atom. The van der Waals surface area contributed by atoms with Gasteiger partial charge >= 0.3 is 0 Å². The molecule has 1 fully saturated rings. The van der Waals surface area contributed by atoms with Crippen molar-refractivity contribution in [2.45, 2.75) is 13.2 Å². The van der Waals surface area contributed by atoms with Gasteiger partial charge in [0.05, 0.1) is 16.4 Å². The maximum atomic E-state index is 13.2. The lowest BCUT2D eigenvalue weighted by molar-refractivity contribution is -0.384. The number of thioether (sulfide) groups is 1. The summed E-state index contributed by atoms with van der Waals surface area (Å²) in [6.07, 6.45) is 1.65. The van der Waals surface area contributed by atoms with Gasteiger partial charge in [0, 0.05) is 17.7 Å². The van der Waals surface area contributed by atoms with Gasteiger partial charge in [0.15, 0.2) is 0 Å². The van der Waals surface area contributed by atoms with Gasteiger partial charge in [-0.05, 0) is 45.8 Å². The maximum Gasteiger partial charge on any atom is 0.293 e. The first-order valence-corrected chi connectivity index (χ1v) is 12.0. The zero-order chi connectivity index (χ0) is 25.1. The van der Waals surface area contributed by atoms with Crippen LogP contribution in [-0.2, 0) is 17.9 Å². The Hall–Kier alpha value is -4.43. The van der Waals surface area contributed by atoms with E-state index in [0.717, 1.165) is 28.1 Å². The molecule has 4 aromatic carbocycles. The largest absolute Gasteiger partial charge is 0.488 e. The molecular formula is C28H20N2O5S. The summed E-state index contributed by atoms with van der Waals surface area (Å²) in [7, 11) is 0. The van der Waals surface area contributed by atoms with E-state index in [1.54, 1.807) is 36.4 Å².